The number of rotatable bonds is 4. The van der Waals surface area contributed by atoms with Crippen LogP contribution in [0.5, 0.6) is 5.75 Å². The van der Waals surface area contributed by atoms with Gasteiger partial charge in [-0.25, -0.2) is 0 Å². The van der Waals surface area contributed by atoms with E-state index in [2.05, 4.69) is 11.9 Å². The van der Waals surface area contributed by atoms with Crippen molar-refractivity contribution in [2.75, 3.05) is 20.2 Å². The molecule has 0 bridgehead atoms. The lowest BCUT2D eigenvalue weighted by Crippen LogP contribution is -2.48. The van der Waals surface area contributed by atoms with Gasteiger partial charge < -0.3 is 20.3 Å². The van der Waals surface area contributed by atoms with Crippen molar-refractivity contribution in [3.8, 4) is 5.75 Å². The number of allylic oxidation sites excluding steroid dienone is 4. The summed E-state index contributed by atoms with van der Waals surface area (Å²) in [5.41, 5.74) is 1.12. The highest BCUT2D eigenvalue weighted by Crippen LogP contribution is 2.28. The average molecular weight is 347 g/mol. The highest BCUT2D eigenvalue weighted by atomic mass is 16.5. The first kappa shape index (κ1) is 23.0. The van der Waals surface area contributed by atoms with Gasteiger partial charge in [-0.2, -0.15) is 0 Å². The van der Waals surface area contributed by atoms with E-state index in [0.717, 1.165) is 16.9 Å². The molecule has 0 saturated carbocycles. The summed E-state index contributed by atoms with van der Waals surface area (Å²) in [7, 11) is 1.83. The molecule has 0 unspecified atom stereocenters. The van der Waals surface area contributed by atoms with Gasteiger partial charge >= 0.3 is 0 Å². The maximum atomic E-state index is 10.1. The molecule has 0 fully saturated rings. The fourth-order valence-corrected chi connectivity index (χ4v) is 2.19. The molecule has 140 valence electrons. The van der Waals surface area contributed by atoms with Gasteiger partial charge in [0.1, 0.15) is 23.7 Å². The highest BCUT2D eigenvalue weighted by molar-refractivity contribution is 5.36. The molecule has 1 aliphatic rings. The number of aliphatic hydroxyl groups is 2. The van der Waals surface area contributed by atoms with Crippen LogP contribution in [-0.2, 0) is 6.42 Å². The zero-order valence-corrected chi connectivity index (χ0v) is 16.2. The molecule has 1 heterocycles. The van der Waals surface area contributed by atoms with Gasteiger partial charge in [0.2, 0.25) is 0 Å². The molecule has 1 aliphatic heterocycles. The summed E-state index contributed by atoms with van der Waals surface area (Å²) >= 11 is 0. The normalized spacial score (nSPS) is 18.9. The van der Waals surface area contributed by atoms with Crippen LogP contribution in [0.3, 0.4) is 0 Å². The zero-order chi connectivity index (χ0) is 19.3. The second-order valence-corrected chi connectivity index (χ2v) is 5.65. The smallest absolute Gasteiger partial charge is 0.122 e. The molecular weight excluding hydrogens is 314 g/mol. The third-order valence-corrected chi connectivity index (χ3v) is 3.49. The summed E-state index contributed by atoms with van der Waals surface area (Å²) in [5, 5.41) is 21.9. The first-order valence-corrected chi connectivity index (χ1v) is 8.67. The van der Waals surface area contributed by atoms with Crippen LogP contribution in [-0.4, -0.2) is 36.0 Å². The van der Waals surface area contributed by atoms with Crippen LogP contribution < -0.4 is 10.1 Å². The van der Waals surface area contributed by atoms with Crippen molar-refractivity contribution in [2.45, 2.75) is 39.7 Å². The fraction of sp³-hybridized carbons (Fsp3) is 0.429. The second kappa shape index (κ2) is 12.3. The first-order valence-electron chi connectivity index (χ1n) is 8.67. The molecule has 4 heteroatoms. The van der Waals surface area contributed by atoms with E-state index in [1.807, 2.05) is 77.2 Å². The van der Waals surface area contributed by atoms with E-state index in [1.54, 1.807) is 0 Å². The second-order valence-electron chi connectivity index (χ2n) is 5.65. The Morgan fingerprint density at radius 2 is 2.00 bits per heavy atom. The van der Waals surface area contributed by atoms with Gasteiger partial charge in [-0.15, -0.1) is 0 Å². The van der Waals surface area contributed by atoms with E-state index in [4.69, 9.17) is 9.84 Å². The maximum absolute atomic E-state index is 10.1. The van der Waals surface area contributed by atoms with Crippen molar-refractivity contribution in [1.29, 1.82) is 0 Å². The fourth-order valence-electron chi connectivity index (χ4n) is 2.19. The molecule has 0 radical (unpaired) electrons. The van der Waals surface area contributed by atoms with E-state index in [9.17, 15) is 5.11 Å². The van der Waals surface area contributed by atoms with Gasteiger partial charge in [-0.3, -0.25) is 0 Å². The largest absolute Gasteiger partial charge is 0.508 e. The summed E-state index contributed by atoms with van der Waals surface area (Å²) in [4.78, 5) is 0. The number of likely N-dealkylation sites (N-methyl/N-ethyl adjacent to an activating group) is 1. The molecule has 3 N–H and O–H groups in total. The van der Waals surface area contributed by atoms with Crippen LogP contribution >= 0.6 is 0 Å². The third kappa shape index (κ3) is 8.57. The Morgan fingerprint density at radius 3 is 2.56 bits per heavy atom. The molecular formula is C21H33NO3. The molecule has 0 amide bonds. The highest BCUT2D eigenvalue weighted by Gasteiger charge is 2.32. The van der Waals surface area contributed by atoms with E-state index in [1.165, 1.54) is 0 Å². The molecule has 1 aromatic rings. The molecule has 4 nitrogen and oxygen atoms in total. The predicted molar refractivity (Wildman–Crippen MR) is 106 cm³/mol. The number of aliphatic hydroxyl groups excluding tert-OH is 1. The lowest BCUT2D eigenvalue weighted by atomic mass is 9.92. The minimum Gasteiger partial charge on any atom is -0.508 e. The molecule has 25 heavy (non-hydrogen) atoms. The Hall–Kier alpha value is -2.04. The van der Waals surface area contributed by atoms with Gasteiger partial charge in [-0.05, 0) is 38.1 Å². The molecule has 0 aromatic heterocycles. The van der Waals surface area contributed by atoms with Gasteiger partial charge in [-0.1, -0.05) is 56.9 Å². The van der Waals surface area contributed by atoms with Gasteiger partial charge in [0.05, 0.1) is 0 Å². The molecule has 0 spiro atoms. The van der Waals surface area contributed by atoms with Crippen LogP contribution in [0.1, 0.15) is 33.3 Å². The van der Waals surface area contributed by atoms with Crippen molar-refractivity contribution >= 4 is 0 Å². The molecule has 0 saturated heterocycles. The SMILES string of the molecule is C=C(O)/C(C)=C\C=C/C.CC.CNC[C@]1(O)COc2ccccc2C1. The Kier molecular flexibility index (Phi) is 11.3. The minimum absolute atomic E-state index is 0.133. The standard InChI is InChI=1S/C11H15NO2.C8H12O.C2H6/c1-12-7-11(13)6-9-4-2-3-5-10(9)14-8-11;1-4-5-6-7(2)8(3)9;1-2/h2-5,12-13H,6-8H2,1H3;4-6,9H,3H2,1-2H3;1-2H3/b;5-4-,7-6-;/t11-;;/m0../s1. The zero-order valence-electron chi connectivity index (χ0n) is 16.2. The van der Waals surface area contributed by atoms with E-state index >= 15 is 0 Å². The third-order valence-electron chi connectivity index (χ3n) is 3.49. The molecule has 0 aliphatic carbocycles. The molecule has 1 atom stereocenters. The Bertz CT molecular complexity index is 578. The van der Waals surface area contributed by atoms with Crippen molar-refractivity contribution in [3.05, 3.63) is 66.0 Å². The topological polar surface area (TPSA) is 61.7 Å². The molecule has 2 rings (SSSR count). The van der Waals surface area contributed by atoms with Crippen LogP contribution in [0.25, 0.3) is 0 Å². The van der Waals surface area contributed by atoms with Crippen molar-refractivity contribution in [3.63, 3.8) is 0 Å². The summed E-state index contributed by atoms with van der Waals surface area (Å²) in [5.74, 6) is 1.03. The molecule has 1 aromatic carbocycles. The Labute approximate surface area is 152 Å². The minimum atomic E-state index is -0.761. The number of fused-ring (bicyclic) bond motifs is 1. The number of benzene rings is 1. The summed E-state index contributed by atoms with van der Waals surface area (Å²) in [6.07, 6.45) is 6.22. The summed E-state index contributed by atoms with van der Waals surface area (Å²) in [6.45, 7) is 12.0. The van der Waals surface area contributed by atoms with Crippen LogP contribution in [0, 0.1) is 0 Å². The lowest BCUT2D eigenvalue weighted by Gasteiger charge is -2.33. The number of para-hydroxylation sites is 1. The number of hydrogen-bond acceptors (Lipinski definition) is 4. The maximum Gasteiger partial charge on any atom is 0.122 e. The quantitative estimate of drug-likeness (QED) is 0.565. The van der Waals surface area contributed by atoms with Crippen molar-refractivity contribution in [2.24, 2.45) is 0 Å². The van der Waals surface area contributed by atoms with Crippen LogP contribution in [0.2, 0.25) is 0 Å². The monoisotopic (exact) mass is 347 g/mol. The number of hydrogen-bond donors (Lipinski definition) is 3. The Balaban J connectivity index is 0.000000458. The summed E-state index contributed by atoms with van der Waals surface area (Å²) in [6, 6.07) is 7.85. The number of nitrogens with one attached hydrogen (secondary N) is 1. The van der Waals surface area contributed by atoms with E-state index < -0.39 is 5.60 Å². The average Bonchev–Trinajstić information content (AvgIpc) is 2.61. The van der Waals surface area contributed by atoms with E-state index in [0.29, 0.717) is 19.6 Å². The van der Waals surface area contributed by atoms with Crippen molar-refractivity contribution in [1.82, 2.24) is 5.32 Å². The number of ether oxygens (including phenoxy) is 1. The van der Waals surface area contributed by atoms with Crippen molar-refractivity contribution < 1.29 is 14.9 Å². The first-order chi connectivity index (χ1) is 11.9. The lowest BCUT2D eigenvalue weighted by molar-refractivity contribution is -0.0143. The van der Waals surface area contributed by atoms with E-state index in [-0.39, 0.29) is 5.76 Å². The summed E-state index contributed by atoms with van der Waals surface area (Å²) < 4.78 is 5.50. The van der Waals surface area contributed by atoms with Gasteiger partial charge in [0, 0.05) is 13.0 Å². The van der Waals surface area contributed by atoms with Crippen LogP contribution in [0.4, 0.5) is 0 Å². The van der Waals surface area contributed by atoms with Crippen LogP contribution in [0.15, 0.2) is 60.4 Å². The predicted octanol–water partition coefficient (Wildman–Crippen LogP) is 4.18. The Morgan fingerprint density at radius 1 is 1.36 bits per heavy atom. The van der Waals surface area contributed by atoms with Gasteiger partial charge in [0.25, 0.3) is 0 Å². The van der Waals surface area contributed by atoms with Gasteiger partial charge in [0.15, 0.2) is 0 Å².